The summed E-state index contributed by atoms with van der Waals surface area (Å²) in [6.07, 6.45) is 2.58. The third-order valence-electron chi connectivity index (χ3n) is 3.02. The number of halogens is 1. The average molecular weight is 311 g/mol. The van der Waals surface area contributed by atoms with Crippen molar-refractivity contribution in [2.45, 2.75) is 12.8 Å². The molecule has 0 radical (unpaired) electrons. The summed E-state index contributed by atoms with van der Waals surface area (Å²) >= 11 is 5.43. The van der Waals surface area contributed by atoms with E-state index in [1.807, 2.05) is 30.0 Å². The SMILES string of the molecule is N#Cc1cc(Br)ccc1NCC1CCSCC1. The Balaban J connectivity index is 1.96. The summed E-state index contributed by atoms with van der Waals surface area (Å²) in [5, 5.41) is 12.5. The van der Waals surface area contributed by atoms with Crippen molar-refractivity contribution in [1.82, 2.24) is 0 Å². The van der Waals surface area contributed by atoms with Crippen LogP contribution in [0.2, 0.25) is 0 Å². The summed E-state index contributed by atoms with van der Waals surface area (Å²) in [4.78, 5) is 0. The van der Waals surface area contributed by atoms with E-state index < -0.39 is 0 Å². The Kier molecular flexibility index (Phi) is 4.75. The molecule has 0 aliphatic carbocycles. The van der Waals surface area contributed by atoms with Gasteiger partial charge in [0.05, 0.1) is 11.3 Å². The van der Waals surface area contributed by atoms with Gasteiger partial charge in [0.2, 0.25) is 0 Å². The van der Waals surface area contributed by atoms with Gasteiger partial charge in [0.25, 0.3) is 0 Å². The molecule has 17 heavy (non-hydrogen) atoms. The Morgan fingerprint density at radius 3 is 2.88 bits per heavy atom. The van der Waals surface area contributed by atoms with E-state index in [1.54, 1.807) is 0 Å². The van der Waals surface area contributed by atoms with Crippen molar-refractivity contribution < 1.29 is 0 Å². The molecule has 2 nitrogen and oxygen atoms in total. The van der Waals surface area contributed by atoms with Crippen molar-refractivity contribution in [3.63, 3.8) is 0 Å². The first kappa shape index (κ1) is 12.8. The van der Waals surface area contributed by atoms with Gasteiger partial charge < -0.3 is 5.32 Å². The highest BCUT2D eigenvalue weighted by Crippen LogP contribution is 2.25. The van der Waals surface area contributed by atoms with Gasteiger partial charge in [-0.15, -0.1) is 0 Å². The number of nitriles is 1. The van der Waals surface area contributed by atoms with E-state index in [1.165, 1.54) is 24.3 Å². The van der Waals surface area contributed by atoms with Gasteiger partial charge in [0, 0.05) is 11.0 Å². The molecule has 1 saturated heterocycles. The molecule has 1 heterocycles. The van der Waals surface area contributed by atoms with Crippen LogP contribution >= 0.6 is 27.7 Å². The van der Waals surface area contributed by atoms with Crippen LogP contribution in [0.15, 0.2) is 22.7 Å². The number of nitrogens with one attached hydrogen (secondary N) is 1. The van der Waals surface area contributed by atoms with E-state index in [0.29, 0.717) is 5.56 Å². The van der Waals surface area contributed by atoms with Crippen molar-refractivity contribution in [2.24, 2.45) is 5.92 Å². The summed E-state index contributed by atoms with van der Waals surface area (Å²) < 4.78 is 0.952. The minimum Gasteiger partial charge on any atom is -0.384 e. The Morgan fingerprint density at radius 2 is 2.18 bits per heavy atom. The number of rotatable bonds is 3. The van der Waals surface area contributed by atoms with Gasteiger partial charge in [-0.1, -0.05) is 15.9 Å². The van der Waals surface area contributed by atoms with Crippen LogP contribution in [-0.4, -0.2) is 18.1 Å². The molecule has 0 atom stereocenters. The van der Waals surface area contributed by atoms with Crippen molar-refractivity contribution in [1.29, 1.82) is 5.26 Å². The molecule has 1 aliphatic rings. The van der Waals surface area contributed by atoms with E-state index >= 15 is 0 Å². The maximum absolute atomic E-state index is 9.07. The Hall–Kier alpha value is -0.660. The topological polar surface area (TPSA) is 35.8 Å². The van der Waals surface area contributed by atoms with Crippen molar-refractivity contribution in [3.8, 4) is 6.07 Å². The van der Waals surface area contributed by atoms with Crippen molar-refractivity contribution in [2.75, 3.05) is 23.4 Å². The minimum atomic E-state index is 0.713. The zero-order chi connectivity index (χ0) is 12.1. The molecule has 0 aromatic heterocycles. The number of nitrogens with zero attached hydrogens (tertiary/aromatic N) is 1. The lowest BCUT2D eigenvalue weighted by Crippen LogP contribution is -2.19. The monoisotopic (exact) mass is 310 g/mol. The van der Waals surface area contributed by atoms with Crippen LogP contribution in [0.5, 0.6) is 0 Å². The van der Waals surface area contributed by atoms with Gasteiger partial charge in [-0.2, -0.15) is 17.0 Å². The fraction of sp³-hybridized carbons (Fsp3) is 0.462. The smallest absolute Gasteiger partial charge is 0.101 e. The quantitative estimate of drug-likeness (QED) is 0.920. The lowest BCUT2D eigenvalue weighted by Gasteiger charge is -2.22. The average Bonchev–Trinajstić information content (AvgIpc) is 2.38. The van der Waals surface area contributed by atoms with Crippen LogP contribution < -0.4 is 5.32 Å². The lowest BCUT2D eigenvalue weighted by atomic mass is 10.0. The highest BCUT2D eigenvalue weighted by Gasteiger charge is 2.13. The first-order valence-electron chi connectivity index (χ1n) is 5.81. The van der Waals surface area contributed by atoms with Gasteiger partial charge in [-0.3, -0.25) is 0 Å². The van der Waals surface area contributed by atoms with Crippen molar-refractivity contribution >= 4 is 33.4 Å². The number of hydrogen-bond donors (Lipinski definition) is 1. The summed E-state index contributed by atoms with van der Waals surface area (Å²) in [6, 6.07) is 8.03. The molecule has 0 amide bonds. The van der Waals surface area contributed by atoms with Crippen LogP contribution in [0.25, 0.3) is 0 Å². The minimum absolute atomic E-state index is 0.713. The third kappa shape index (κ3) is 3.65. The van der Waals surface area contributed by atoms with Gasteiger partial charge in [-0.05, 0) is 48.5 Å². The second-order valence-corrected chi connectivity index (χ2v) is 6.38. The maximum atomic E-state index is 9.07. The van der Waals surface area contributed by atoms with Crippen LogP contribution in [0.3, 0.4) is 0 Å². The summed E-state index contributed by atoms with van der Waals surface area (Å²) in [6.45, 7) is 0.983. The van der Waals surface area contributed by atoms with Crippen LogP contribution in [-0.2, 0) is 0 Å². The predicted molar refractivity (Wildman–Crippen MR) is 77.4 cm³/mol. The molecule has 0 bridgehead atoms. The maximum Gasteiger partial charge on any atom is 0.101 e. The molecule has 1 aromatic carbocycles. The van der Waals surface area contributed by atoms with Gasteiger partial charge in [0.15, 0.2) is 0 Å². The van der Waals surface area contributed by atoms with Crippen LogP contribution in [0.1, 0.15) is 18.4 Å². The largest absolute Gasteiger partial charge is 0.384 e. The lowest BCUT2D eigenvalue weighted by molar-refractivity contribution is 0.516. The highest BCUT2D eigenvalue weighted by molar-refractivity contribution is 9.10. The van der Waals surface area contributed by atoms with Crippen LogP contribution in [0, 0.1) is 17.2 Å². The third-order valence-corrected chi connectivity index (χ3v) is 4.57. The molecule has 0 unspecified atom stereocenters. The molecule has 4 heteroatoms. The zero-order valence-corrected chi connectivity index (χ0v) is 12.0. The van der Waals surface area contributed by atoms with Gasteiger partial charge >= 0.3 is 0 Å². The van der Waals surface area contributed by atoms with E-state index in [9.17, 15) is 0 Å². The van der Waals surface area contributed by atoms with Crippen molar-refractivity contribution in [3.05, 3.63) is 28.2 Å². The Morgan fingerprint density at radius 1 is 1.41 bits per heavy atom. The molecule has 2 rings (SSSR count). The van der Waals surface area contributed by atoms with Gasteiger partial charge in [-0.25, -0.2) is 0 Å². The Bertz CT molecular complexity index is 422. The molecule has 1 fully saturated rings. The first-order valence-corrected chi connectivity index (χ1v) is 7.75. The molecule has 90 valence electrons. The number of benzene rings is 1. The van der Waals surface area contributed by atoms with E-state index in [4.69, 9.17) is 5.26 Å². The summed E-state index contributed by atoms with van der Waals surface area (Å²) in [5.41, 5.74) is 1.67. The highest BCUT2D eigenvalue weighted by atomic mass is 79.9. The molecule has 0 spiro atoms. The van der Waals surface area contributed by atoms with E-state index in [-0.39, 0.29) is 0 Å². The fourth-order valence-electron chi connectivity index (χ4n) is 1.97. The first-order chi connectivity index (χ1) is 8.29. The molecular formula is C13H15BrN2S. The summed E-state index contributed by atoms with van der Waals surface area (Å²) in [7, 11) is 0. The van der Waals surface area contributed by atoms with E-state index in [2.05, 4.69) is 27.3 Å². The second kappa shape index (κ2) is 6.32. The zero-order valence-electron chi connectivity index (χ0n) is 9.58. The molecule has 0 saturated carbocycles. The molecular weight excluding hydrogens is 296 g/mol. The summed E-state index contributed by atoms with van der Waals surface area (Å²) in [5.74, 6) is 3.31. The number of hydrogen-bond acceptors (Lipinski definition) is 3. The molecule has 1 N–H and O–H groups in total. The molecule has 1 aromatic rings. The standard InChI is InChI=1S/C13H15BrN2S/c14-12-1-2-13(11(7-12)8-15)16-9-10-3-5-17-6-4-10/h1-2,7,10,16H,3-6,9H2. The predicted octanol–water partition coefficient (Wildman–Crippen LogP) is 3.88. The fourth-order valence-corrected chi connectivity index (χ4v) is 3.53. The molecule has 1 aliphatic heterocycles. The van der Waals surface area contributed by atoms with E-state index in [0.717, 1.165) is 22.6 Å². The van der Waals surface area contributed by atoms with Crippen LogP contribution in [0.4, 0.5) is 5.69 Å². The second-order valence-electron chi connectivity index (χ2n) is 4.24. The number of anilines is 1. The van der Waals surface area contributed by atoms with Gasteiger partial charge in [0.1, 0.15) is 6.07 Å². The number of thioether (sulfide) groups is 1. The Labute approximate surface area is 115 Å². The normalized spacial score (nSPS) is 16.5.